The number of aliphatic hydroxyl groups excluding tert-OH is 1. The van der Waals surface area contributed by atoms with Gasteiger partial charge >= 0.3 is 23.9 Å². The van der Waals surface area contributed by atoms with E-state index in [4.69, 9.17) is 26.7 Å². The molecule has 6 aromatic rings. The van der Waals surface area contributed by atoms with Gasteiger partial charge in [-0.2, -0.15) is 0 Å². The van der Waals surface area contributed by atoms with E-state index in [0.717, 1.165) is 23.0 Å². The lowest BCUT2D eigenvalue weighted by Crippen LogP contribution is -2.62. The fourth-order valence-electron chi connectivity index (χ4n) is 15.9. The second-order valence-electron chi connectivity index (χ2n) is 37.8. The number of nitrogens with zero attached hydrogens (tertiary/aromatic N) is 1. The van der Waals surface area contributed by atoms with Crippen molar-refractivity contribution >= 4 is 141 Å². The van der Waals surface area contributed by atoms with Gasteiger partial charge in [-0.3, -0.25) is 81.5 Å². The fraction of sp³-hybridized carbons (Fsp3) is 0.485. The molecule has 16 atom stereocenters. The van der Waals surface area contributed by atoms with Crippen LogP contribution in [0.2, 0.25) is 0 Å². The second-order valence-corrected chi connectivity index (χ2v) is 38.9. The molecule has 0 unspecified atom stereocenters. The van der Waals surface area contributed by atoms with Gasteiger partial charge in [-0.15, -0.1) is 11.8 Å². The van der Waals surface area contributed by atoms with Crippen LogP contribution in [-0.4, -0.2) is 290 Å². The van der Waals surface area contributed by atoms with Gasteiger partial charge in [0.25, 0.3) is 0 Å². The third-order valence-electron chi connectivity index (χ3n) is 23.9. The molecule has 0 saturated carbocycles. The quantitative estimate of drug-likeness (QED) is 0.0224. The number of aromatic nitrogens is 1. The van der Waals surface area contributed by atoms with E-state index in [1.54, 1.807) is 76.2 Å². The molecule has 7 rings (SSSR count). The molecule has 1 saturated heterocycles. The highest BCUT2D eigenvalue weighted by Gasteiger charge is 2.42. The Morgan fingerprint density at radius 3 is 1.36 bits per heavy atom. The standard InChI is InChI=1S/C101H138N20O26S/c1-52(2)39-71-89(133)109-69(36-37-102)88(132)112-72(40-53(3)4)94(138)119-85(55(7)8)98(142)120-86(58(11)122)99(143)117-78(96(140)107-56(9)41-79(103)123)50-148-51-80(124)108-73(42-60-26-32-65(33-27-60)146-48-82(127)128)90(134)113-74(44-61-28-34-66(35-29-61)147-49-83(129)130)92(136)115-77(46-81(125)126)93(137)114-76(45-64-47-106-68-22-17-16-21-67(64)68)95(139)118-84(54(5)6)97(141)116-75(43-59-24-30-63(31-25-59)62-19-14-13-15-20-62)91(135)110-70(23-18-38-105-101(104)145)100(144)121(12)57(10)87(131)111-71/h13-17,19-22,24-35,47,52-58,69-78,84-86,106,122H,18,23,36-46,48-51,102H2,1-12H3,(H2,103,123)(H,107,140)(H,108,124)(H,109,133)(H,110,135)(H,111,131)(H,112,132)(H,113,134)(H,114,137)(H,115,136)(H,116,141)(H,117,143)(H,118,139)(H,119,138)(H,120,142)(H,125,126)(H,127,128)(H,129,130)(H3,104,105,145)/t56-,57-,58+,69-,70-,71+,72-,73-,74-,75-,76-,77-,78-,84-,85-,86-/m0/s1. The Balaban J connectivity index is 1.38. The molecular formula is C101H138N20O26S. The first-order chi connectivity index (χ1) is 70.0. The third-order valence-corrected chi connectivity index (χ3v) is 24.9. The number of H-pyrrole nitrogens is 1. The normalized spacial score (nSPS) is 22.5. The Labute approximate surface area is 860 Å². The summed E-state index contributed by atoms with van der Waals surface area (Å²) >= 11 is 0.670. The summed E-state index contributed by atoms with van der Waals surface area (Å²) in [6.07, 6.45) is -4.43. The number of aliphatic carboxylic acids is 3. The van der Waals surface area contributed by atoms with Crippen LogP contribution in [0.25, 0.3) is 22.0 Å². The van der Waals surface area contributed by atoms with Crippen LogP contribution in [0, 0.1) is 23.7 Å². The highest BCUT2D eigenvalue weighted by molar-refractivity contribution is 8.00. The highest BCUT2D eigenvalue weighted by atomic mass is 32.2. The van der Waals surface area contributed by atoms with Crippen LogP contribution >= 0.6 is 11.8 Å². The Morgan fingerprint density at radius 1 is 0.453 bits per heavy atom. The van der Waals surface area contributed by atoms with Crippen molar-refractivity contribution in [3.63, 3.8) is 0 Å². The number of carbonyl (C=O) groups is 20. The number of aliphatic hydroxyl groups is 1. The number of fused-ring (bicyclic) bond motifs is 1. The number of urea groups is 1. The summed E-state index contributed by atoms with van der Waals surface area (Å²) in [6.45, 7) is 14.9. The van der Waals surface area contributed by atoms with E-state index < -0.39 is 284 Å². The number of amides is 18. The summed E-state index contributed by atoms with van der Waals surface area (Å²) in [5.74, 6) is -24.6. The van der Waals surface area contributed by atoms with Crippen LogP contribution in [-0.2, 0) is 117 Å². The minimum atomic E-state index is -2.17. The maximum Gasteiger partial charge on any atom is 0.341 e. The number of thioether (sulfide) groups is 1. The number of primary amides is 2. The Morgan fingerprint density at radius 2 is 0.865 bits per heavy atom. The Bertz CT molecular complexity index is 5620. The zero-order valence-electron chi connectivity index (χ0n) is 84.6. The van der Waals surface area contributed by atoms with Gasteiger partial charge in [-0.1, -0.05) is 152 Å². The van der Waals surface area contributed by atoms with Crippen LogP contribution in [0.15, 0.2) is 134 Å². The average Bonchev–Trinajstić information content (AvgIpc) is 1.61. The van der Waals surface area contributed by atoms with Crippen molar-refractivity contribution in [1.29, 1.82) is 0 Å². The predicted molar refractivity (Wildman–Crippen MR) is 543 cm³/mol. The molecule has 47 heteroatoms. The molecule has 0 radical (unpaired) electrons. The van der Waals surface area contributed by atoms with Crippen LogP contribution < -0.4 is 106 Å². The molecule has 0 aliphatic carbocycles. The molecule has 1 fully saturated rings. The minimum Gasteiger partial charge on any atom is -0.482 e. The molecule has 148 heavy (non-hydrogen) atoms. The average molecular weight is 2080 g/mol. The van der Waals surface area contributed by atoms with Gasteiger partial charge in [0, 0.05) is 74.6 Å². The number of carbonyl (C=O) groups excluding carboxylic acids is 17. The number of hydrogen-bond donors (Lipinski definition) is 23. The largest absolute Gasteiger partial charge is 0.482 e. The van der Waals surface area contributed by atoms with Crippen LogP contribution in [0.4, 0.5) is 4.79 Å². The fourth-order valence-corrected chi connectivity index (χ4v) is 16.8. The smallest absolute Gasteiger partial charge is 0.341 e. The zero-order valence-corrected chi connectivity index (χ0v) is 85.4. The Kier molecular flexibility index (Phi) is 47.5. The van der Waals surface area contributed by atoms with Gasteiger partial charge in [0.1, 0.15) is 96.1 Å². The predicted octanol–water partition coefficient (Wildman–Crippen LogP) is -0.635. The van der Waals surface area contributed by atoms with E-state index in [9.17, 15) is 82.8 Å². The van der Waals surface area contributed by atoms with E-state index in [2.05, 4.69) is 84.7 Å². The number of carboxylic acids is 3. The lowest BCUT2D eigenvalue weighted by Gasteiger charge is -2.32. The molecule has 1 aliphatic heterocycles. The molecule has 804 valence electrons. The second kappa shape index (κ2) is 58.8. The van der Waals surface area contributed by atoms with Gasteiger partial charge in [0.05, 0.1) is 18.3 Å². The number of hydrogen-bond acceptors (Lipinski definition) is 25. The number of likely N-dealkylation sites (N-methyl/N-ethyl adjacent to an activating group) is 1. The molecule has 5 aromatic carbocycles. The summed E-state index contributed by atoms with van der Waals surface area (Å²) in [4.78, 5) is 290. The summed E-state index contributed by atoms with van der Waals surface area (Å²) in [5.41, 5.74) is 20.4. The maximum atomic E-state index is 15.6. The summed E-state index contributed by atoms with van der Waals surface area (Å²) in [7, 11) is 1.24. The summed E-state index contributed by atoms with van der Waals surface area (Å²) in [6, 6.07) is 8.15. The molecule has 1 aliphatic rings. The van der Waals surface area contributed by atoms with Crippen molar-refractivity contribution in [2.45, 2.75) is 244 Å². The van der Waals surface area contributed by atoms with E-state index in [1.165, 1.54) is 103 Å². The Hall–Kier alpha value is -15.3. The van der Waals surface area contributed by atoms with Crippen LogP contribution in [0.5, 0.6) is 11.5 Å². The van der Waals surface area contributed by atoms with E-state index in [-0.39, 0.29) is 86.1 Å². The molecule has 0 spiro atoms. The number of rotatable bonds is 34. The number of ether oxygens (including phenoxy) is 2. The van der Waals surface area contributed by atoms with E-state index in [0.29, 0.717) is 33.8 Å². The van der Waals surface area contributed by atoms with E-state index >= 15 is 33.6 Å². The number of nitrogens with two attached hydrogens (primary N) is 3. The van der Waals surface area contributed by atoms with Crippen molar-refractivity contribution in [3.8, 4) is 22.6 Å². The minimum absolute atomic E-state index is 0.0228. The van der Waals surface area contributed by atoms with Crippen LogP contribution in [0.1, 0.15) is 143 Å². The first-order valence-electron chi connectivity index (χ1n) is 48.5. The van der Waals surface area contributed by atoms with Gasteiger partial charge in [0.15, 0.2) is 13.2 Å². The number of carboxylic acid groups (broad SMARTS) is 3. The number of para-hydroxylation sites is 1. The summed E-state index contributed by atoms with van der Waals surface area (Å²) < 4.78 is 10.7. The maximum absolute atomic E-state index is 15.6. The lowest BCUT2D eigenvalue weighted by molar-refractivity contribution is -0.143. The molecule has 1 aromatic heterocycles. The lowest BCUT2D eigenvalue weighted by atomic mass is 9.98. The molecule has 18 amide bonds. The SMILES string of the molecule is CC(C)C[C@@H]1NC(=O)[C@H](CCN)NC(=O)[C@@H](CC(C)C)NC(=O)[C@H](C)N(C)C(=O)[C@H](CCCNC(N)=O)NC(=O)[C@H](Cc2ccc(-c3ccccc3)cc2)NC(=O)[C@H](C(C)C)NC(=O)[C@H](Cc2c[nH]c3ccccc23)NC(=O)[C@H](CC(=O)O)NC(=O)[C@H](Cc2ccc(OCC(=O)O)cc2)NC(=O)[C@H](Cc2ccc(OCC(=O)O)cc2)NC(=O)CSC[C@@H](C(=O)N[C@@H](C)CC(N)=O)NC(=O)[C@H]([C@@H](C)O)NC(=O)[C@H](C(C)C)NC1=O. The van der Waals surface area contributed by atoms with Crippen molar-refractivity contribution in [3.05, 3.63) is 156 Å². The van der Waals surface area contributed by atoms with Crippen molar-refractivity contribution in [1.82, 2.24) is 89.6 Å². The van der Waals surface area contributed by atoms with Crippen molar-refractivity contribution in [2.75, 3.05) is 44.9 Å². The summed E-state index contributed by atoms with van der Waals surface area (Å²) in [5, 5.41) is 80.2. The highest BCUT2D eigenvalue weighted by Crippen LogP contribution is 2.25. The van der Waals surface area contributed by atoms with Gasteiger partial charge in [-0.05, 0) is 147 Å². The van der Waals surface area contributed by atoms with Gasteiger partial charge in [-0.25, -0.2) is 14.4 Å². The monoisotopic (exact) mass is 2080 g/mol. The van der Waals surface area contributed by atoms with Crippen LogP contribution in [0.3, 0.4) is 0 Å². The number of benzene rings is 5. The zero-order chi connectivity index (χ0) is 109. The molecular weight excluding hydrogens is 1940 g/mol. The third kappa shape index (κ3) is 39.2. The number of aromatic amines is 1. The molecule has 26 N–H and O–H groups in total. The van der Waals surface area contributed by atoms with Crippen molar-refractivity contribution in [2.24, 2.45) is 40.9 Å². The van der Waals surface area contributed by atoms with Crippen molar-refractivity contribution < 1.29 is 126 Å². The van der Waals surface area contributed by atoms with Gasteiger partial charge < -0.3 is 137 Å². The first-order valence-corrected chi connectivity index (χ1v) is 49.7. The van der Waals surface area contributed by atoms with Gasteiger partial charge in [0.2, 0.25) is 94.5 Å². The molecule has 46 nitrogen and oxygen atoms in total. The molecule has 0 bridgehead atoms. The molecule has 2 heterocycles. The topological polar surface area (TPSA) is 718 Å². The van der Waals surface area contributed by atoms with E-state index in [1.807, 2.05) is 30.3 Å². The first kappa shape index (κ1) is 120. The number of nitrogens with one attached hydrogen (secondary N) is 16.